The molecule has 2 fully saturated rings. The van der Waals surface area contributed by atoms with Crippen molar-refractivity contribution in [3.8, 4) is 0 Å². The normalized spacial score (nSPS) is 33.3. The van der Waals surface area contributed by atoms with Crippen LogP contribution in [0.4, 0.5) is 0 Å². The molecule has 3 rings (SSSR count). The molecule has 118 valence electrons. The van der Waals surface area contributed by atoms with Crippen LogP contribution in [0, 0.1) is 0 Å². The first-order chi connectivity index (χ1) is 10.6. The number of thiol groups is 1. The summed E-state index contributed by atoms with van der Waals surface area (Å²) in [5.74, 6) is -0.704. The Bertz CT molecular complexity index is 566. The van der Waals surface area contributed by atoms with Crippen LogP contribution < -0.4 is 5.32 Å². The van der Waals surface area contributed by atoms with E-state index in [1.165, 1.54) is 6.92 Å². The Balaban J connectivity index is 1.79. The number of carbonyl (C=O) groups excluding carboxylic acids is 2. The van der Waals surface area contributed by atoms with Gasteiger partial charge >= 0.3 is 5.97 Å². The molecule has 2 heterocycles. The number of hydrogen-bond acceptors (Lipinski definition) is 6. The fourth-order valence-electron chi connectivity index (χ4n) is 2.68. The first-order valence-electron chi connectivity index (χ1n) is 7.04. The lowest BCUT2D eigenvalue weighted by Gasteiger charge is -2.38. The molecule has 1 amide bonds. The maximum absolute atomic E-state index is 12.3. The molecule has 2 aliphatic heterocycles. The third kappa shape index (κ3) is 2.97. The summed E-state index contributed by atoms with van der Waals surface area (Å²) in [5, 5.41) is 2.36. The summed E-state index contributed by atoms with van der Waals surface area (Å²) in [7, 11) is 0. The van der Waals surface area contributed by atoms with E-state index in [0.717, 1.165) is 0 Å². The van der Waals surface area contributed by atoms with E-state index in [2.05, 4.69) is 17.9 Å². The third-order valence-electron chi connectivity index (χ3n) is 3.72. The summed E-state index contributed by atoms with van der Waals surface area (Å²) >= 11 is 4.49. The Kier molecular flexibility index (Phi) is 4.37. The predicted molar refractivity (Wildman–Crippen MR) is 80.6 cm³/mol. The van der Waals surface area contributed by atoms with E-state index in [4.69, 9.17) is 14.2 Å². The second-order valence-electron chi connectivity index (χ2n) is 5.33. The second-order valence-corrected chi connectivity index (χ2v) is 5.93. The molecule has 0 radical (unpaired) electrons. The molecular formula is C15H17NO5S. The lowest BCUT2D eigenvalue weighted by Crippen LogP contribution is -2.60. The summed E-state index contributed by atoms with van der Waals surface area (Å²) in [6.45, 7) is 1.76. The minimum atomic E-state index is -0.620. The molecular weight excluding hydrogens is 306 g/mol. The average molecular weight is 323 g/mol. The molecule has 0 aromatic heterocycles. The highest BCUT2D eigenvalue weighted by atomic mass is 32.1. The van der Waals surface area contributed by atoms with Gasteiger partial charge in [0, 0.05) is 6.92 Å². The topological polar surface area (TPSA) is 73.9 Å². The number of fused-ring (bicyclic) bond motifs is 2. The smallest absolute Gasteiger partial charge is 0.338 e. The Morgan fingerprint density at radius 2 is 2.05 bits per heavy atom. The Labute approximate surface area is 133 Å². The van der Waals surface area contributed by atoms with Crippen LogP contribution in [0.3, 0.4) is 0 Å². The van der Waals surface area contributed by atoms with Gasteiger partial charge in [-0.3, -0.25) is 4.79 Å². The lowest BCUT2D eigenvalue weighted by molar-refractivity contribution is -0.148. The van der Waals surface area contributed by atoms with Crippen molar-refractivity contribution in [3.05, 3.63) is 35.9 Å². The Morgan fingerprint density at radius 3 is 2.73 bits per heavy atom. The second kappa shape index (κ2) is 6.28. The first-order valence-corrected chi connectivity index (χ1v) is 7.56. The van der Waals surface area contributed by atoms with E-state index in [-0.39, 0.29) is 17.3 Å². The van der Waals surface area contributed by atoms with E-state index >= 15 is 0 Å². The fraction of sp³-hybridized carbons (Fsp3) is 0.467. The number of rotatable bonds is 3. The molecule has 2 aliphatic rings. The monoisotopic (exact) mass is 323 g/mol. The molecule has 0 unspecified atom stereocenters. The summed E-state index contributed by atoms with van der Waals surface area (Å²) in [4.78, 5) is 23.7. The average Bonchev–Trinajstić information content (AvgIpc) is 2.95. The molecule has 2 bridgehead atoms. The minimum Gasteiger partial charge on any atom is -0.455 e. The molecule has 5 atom stereocenters. The SMILES string of the molecule is CC(=O)N[C@H]1[C@@H]2OC[C@@H](O2)[C@@H](S)[C@@H]1OC(=O)c1ccccc1. The van der Waals surface area contributed by atoms with Crippen molar-refractivity contribution in [1.82, 2.24) is 5.32 Å². The van der Waals surface area contributed by atoms with Crippen molar-refractivity contribution in [3.63, 3.8) is 0 Å². The quantitative estimate of drug-likeness (QED) is 0.635. The van der Waals surface area contributed by atoms with E-state index in [9.17, 15) is 9.59 Å². The van der Waals surface area contributed by atoms with Crippen LogP contribution in [0.15, 0.2) is 30.3 Å². The zero-order valence-electron chi connectivity index (χ0n) is 12.0. The number of hydrogen-bond donors (Lipinski definition) is 2. The number of carbonyl (C=O) groups is 2. The van der Waals surface area contributed by atoms with E-state index in [1.807, 2.05) is 6.07 Å². The van der Waals surface area contributed by atoms with Gasteiger partial charge in [-0.2, -0.15) is 12.6 Å². The van der Waals surface area contributed by atoms with Crippen molar-refractivity contribution in [1.29, 1.82) is 0 Å². The zero-order valence-corrected chi connectivity index (χ0v) is 12.9. The van der Waals surface area contributed by atoms with Gasteiger partial charge in [-0.15, -0.1) is 0 Å². The maximum Gasteiger partial charge on any atom is 0.338 e. The predicted octanol–water partition coefficient (Wildman–Crippen LogP) is 0.770. The largest absolute Gasteiger partial charge is 0.455 e. The van der Waals surface area contributed by atoms with Crippen LogP contribution in [0.5, 0.6) is 0 Å². The van der Waals surface area contributed by atoms with Crippen LogP contribution in [-0.4, -0.2) is 48.3 Å². The molecule has 1 aromatic carbocycles. The summed E-state index contributed by atoms with van der Waals surface area (Å²) < 4.78 is 16.7. The summed E-state index contributed by atoms with van der Waals surface area (Å²) in [6, 6.07) is 8.11. The van der Waals surface area contributed by atoms with Crippen LogP contribution in [0.25, 0.3) is 0 Å². The van der Waals surface area contributed by atoms with Gasteiger partial charge in [-0.25, -0.2) is 4.79 Å². The van der Waals surface area contributed by atoms with Crippen LogP contribution in [0.1, 0.15) is 17.3 Å². The van der Waals surface area contributed by atoms with E-state index < -0.39 is 24.4 Å². The van der Waals surface area contributed by atoms with Crippen LogP contribution >= 0.6 is 12.6 Å². The molecule has 1 N–H and O–H groups in total. The van der Waals surface area contributed by atoms with Crippen molar-refractivity contribution < 1.29 is 23.8 Å². The summed E-state index contributed by atoms with van der Waals surface area (Å²) in [6.07, 6.45) is -1.50. The van der Waals surface area contributed by atoms with Crippen LogP contribution in [0.2, 0.25) is 0 Å². The van der Waals surface area contributed by atoms with Gasteiger partial charge in [0.25, 0.3) is 0 Å². The van der Waals surface area contributed by atoms with E-state index in [0.29, 0.717) is 12.2 Å². The molecule has 7 heteroatoms. The fourth-order valence-corrected chi connectivity index (χ4v) is 3.08. The van der Waals surface area contributed by atoms with Crippen molar-refractivity contribution in [2.24, 2.45) is 0 Å². The minimum absolute atomic E-state index is 0.246. The first kappa shape index (κ1) is 15.3. The van der Waals surface area contributed by atoms with Gasteiger partial charge in [0.05, 0.1) is 23.5 Å². The highest BCUT2D eigenvalue weighted by molar-refractivity contribution is 7.81. The van der Waals surface area contributed by atoms with Crippen LogP contribution in [-0.2, 0) is 19.0 Å². The third-order valence-corrected chi connectivity index (χ3v) is 4.35. The van der Waals surface area contributed by atoms with Gasteiger partial charge in [0.15, 0.2) is 6.29 Å². The number of nitrogens with one attached hydrogen (secondary N) is 1. The highest BCUT2D eigenvalue weighted by Crippen LogP contribution is 2.33. The van der Waals surface area contributed by atoms with E-state index in [1.54, 1.807) is 24.3 Å². The Morgan fingerprint density at radius 1 is 1.32 bits per heavy atom. The molecule has 0 saturated carbocycles. The lowest BCUT2D eigenvalue weighted by atomic mass is 10.0. The maximum atomic E-state index is 12.3. The van der Waals surface area contributed by atoms with Crippen molar-refractivity contribution in [2.75, 3.05) is 6.61 Å². The number of esters is 1. The number of ether oxygens (including phenoxy) is 3. The molecule has 1 aromatic rings. The molecule has 22 heavy (non-hydrogen) atoms. The van der Waals surface area contributed by atoms with Gasteiger partial charge in [-0.1, -0.05) is 18.2 Å². The standard InChI is InChI=1S/C15H17NO5S/c1-8(17)16-11-12(13(22)10-7-19-15(11)20-10)21-14(18)9-5-3-2-4-6-9/h2-6,10-13,15,22H,7H2,1H3,(H,16,17)/t10-,11-,12-,13-,15-/m1/s1. The highest BCUT2D eigenvalue weighted by Gasteiger charge is 2.51. The van der Waals surface area contributed by atoms with Gasteiger partial charge < -0.3 is 19.5 Å². The molecule has 6 nitrogen and oxygen atoms in total. The van der Waals surface area contributed by atoms with Gasteiger partial charge in [-0.05, 0) is 12.1 Å². The van der Waals surface area contributed by atoms with Crippen molar-refractivity contribution in [2.45, 2.75) is 36.7 Å². The van der Waals surface area contributed by atoms with Gasteiger partial charge in [0.2, 0.25) is 5.91 Å². The number of amides is 1. The van der Waals surface area contributed by atoms with Crippen molar-refractivity contribution >= 4 is 24.5 Å². The van der Waals surface area contributed by atoms with Gasteiger partial charge in [0.1, 0.15) is 12.1 Å². The molecule has 0 aliphatic carbocycles. The summed E-state index contributed by atoms with van der Waals surface area (Å²) in [5.41, 5.74) is 0.448. The Hall–Kier alpha value is -1.57. The zero-order chi connectivity index (χ0) is 15.7. The molecule has 0 spiro atoms. The number of benzene rings is 1. The molecule has 2 saturated heterocycles.